The number of hydrogen-bond donors (Lipinski definition) is 0. The molecule has 0 radical (unpaired) electrons. The zero-order valence-corrected chi connectivity index (χ0v) is 15.1. The molecule has 9 heteroatoms. The van der Waals surface area contributed by atoms with Crippen molar-refractivity contribution >= 4 is 10.0 Å². The summed E-state index contributed by atoms with van der Waals surface area (Å²) in [7, 11) is -1.54. The molecule has 2 aromatic heterocycles. The largest absolute Gasteiger partial charge is 0.377 e. The number of sulfonamides is 1. The van der Waals surface area contributed by atoms with Gasteiger partial charge in [-0.25, -0.2) is 8.42 Å². The molecule has 2 aliphatic heterocycles. The Bertz CT molecular complexity index is 895. The van der Waals surface area contributed by atoms with Crippen LogP contribution in [0.4, 0.5) is 0 Å². The number of aromatic nitrogens is 4. The zero-order valence-electron chi connectivity index (χ0n) is 14.3. The minimum atomic E-state index is -3.38. The van der Waals surface area contributed by atoms with Crippen LogP contribution in [0.15, 0.2) is 18.5 Å². The van der Waals surface area contributed by atoms with Gasteiger partial charge in [-0.05, 0) is 25.0 Å². The number of aryl methyl sites for hydroxylation is 1. The summed E-state index contributed by atoms with van der Waals surface area (Å²) in [5.74, 6) is 0. The average molecular weight is 363 g/mol. The van der Waals surface area contributed by atoms with Gasteiger partial charge in [0.1, 0.15) is 5.25 Å². The fraction of sp³-hybridized carbons (Fsp3) is 0.562. The first kappa shape index (κ1) is 16.6. The molecule has 2 atom stereocenters. The lowest BCUT2D eigenvalue weighted by Crippen LogP contribution is -2.44. The van der Waals surface area contributed by atoms with Crippen molar-refractivity contribution in [3.05, 3.63) is 29.7 Å². The van der Waals surface area contributed by atoms with E-state index in [0.29, 0.717) is 38.2 Å². The summed E-state index contributed by atoms with van der Waals surface area (Å²) in [5.41, 5.74) is 3.37. The Balaban J connectivity index is 1.62. The van der Waals surface area contributed by atoms with Gasteiger partial charge in [0.2, 0.25) is 10.0 Å². The summed E-state index contributed by atoms with van der Waals surface area (Å²) in [5, 5.41) is 12.3. The quantitative estimate of drug-likeness (QED) is 0.799. The smallest absolute Gasteiger partial charge is 0.219 e. The summed E-state index contributed by atoms with van der Waals surface area (Å²) in [6, 6.07) is 1.93. The maximum Gasteiger partial charge on any atom is 0.219 e. The van der Waals surface area contributed by atoms with Crippen LogP contribution in [-0.2, 0) is 34.8 Å². The molecule has 2 aliphatic rings. The monoisotopic (exact) mass is 363 g/mol. The molecule has 0 saturated carbocycles. The Morgan fingerprint density at radius 2 is 2.16 bits per heavy atom. The lowest BCUT2D eigenvalue weighted by Gasteiger charge is -2.30. The Hall–Kier alpha value is -1.84. The molecule has 0 amide bonds. The normalized spacial score (nSPS) is 24.4. The lowest BCUT2D eigenvalue weighted by molar-refractivity contribution is 0.125. The summed E-state index contributed by atoms with van der Waals surface area (Å²) in [4.78, 5) is 0. The van der Waals surface area contributed by atoms with Gasteiger partial charge in [0.25, 0.3) is 0 Å². The molecular formula is C16H21N5O3S. The fourth-order valence-corrected chi connectivity index (χ4v) is 5.51. The van der Waals surface area contributed by atoms with Crippen LogP contribution >= 0.6 is 0 Å². The molecule has 2 unspecified atom stereocenters. The van der Waals surface area contributed by atoms with Crippen LogP contribution < -0.4 is 0 Å². The van der Waals surface area contributed by atoms with Crippen molar-refractivity contribution < 1.29 is 13.2 Å². The van der Waals surface area contributed by atoms with Crippen molar-refractivity contribution in [1.82, 2.24) is 24.3 Å². The Labute approximate surface area is 146 Å². The molecule has 134 valence electrons. The van der Waals surface area contributed by atoms with E-state index in [9.17, 15) is 8.42 Å². The molecule has 2 aromatic rings. The highest BCUT2D eigenvalue weighted by atomic mass is 32.2. The first-order valence-corrected chi connectivity index (χ1v) is 9.90. The first-order chi connectivity index (χ1) is 11.9. The minimum Gasteiger partial charge on any atom is -0.377 e. The molecule has 25 heavy (non-hydrogen) atoms. The average Bonchev–Trinajstić information content (AvgIpc) is 3.22. The number of nitrogens with zero attached hydrogens (tertiary/aromatic N) is 5. The van der Waals surface area contributed by atoms with Gasteiger partial charge in [-0.1, -0.05) is 0 Å². The topological polar surface area (TPSA) is 90.2 Å². The van der Waals surface area contributed by atoms with Crippen molar-refractivity contribution in [3.63, 3.8) is 0 Å². The number of hydrogen-bond acceptors (Lipinski definition) is 6. The van der Waals surface area contributed by atoms with E-state index in [4.69, 9.17) is 4.74 Å². The summed E-state index contributed by atoms with van der Waals surface area (Å²) in [6.45, 7) is 3.12. The SMILES string of the molecule is CC1OCCC1S(=O)(=O)N1CCc2nnc(-c3cnn(C)c3)cc2C1. The second-order valence-electron chi connectivity index (χ2n) is 6.64. The van der Waals surface area contributed by atoms with Gasteiger partial charge in [-0.3, -0.25) is 4.68 Å². The zero-order chi connectivity index (χ0) is 17.6. The van der Waals surface area contributed by atoms with Gasteiger partial charge >= 0.3 is 0 Å². The Morgan fingerprint density at radius 1 is 1.32 bits per heavy atom. The van der Waals surface area contributed by atoms with Crippen LogP contribution in [0.5, 0.6) is 0 Å². The van der Waals surface area contributed by atoms with E-state index in [1.54, 1.807) is 15.2 Å². The third-order valence-electron chi connectivity index (χ3n) is 4.95. The molecule has 0 aromatic carbocycles. The van der Waals surface area contributed by atoms with Crippen molar-refractivity contribution in [2.75, 3.05) is 13.2 Å². The highest BCUT2D eigenvalue weighted by Crippen LogP contribution is 2.29. The summed E-state index contributed by atoms with van der Waals surface area (Å²) >= 11 is 0. The van der Waals surface area contributed by atoms with E-state index < -0.39 is 15.3 Å². The Morgan fingerprint density at radius 3 is 2.84 bits per heavy atom. The van der Waals surface area contributed by atoms with Crippen LogP contribution in [0, 0.1) is 0 Å². The molecule has 0 N–H and O–H groups in total. The van der Waals surface area contributed by atoms with E-state index in [1.807, 2.05) is 26.2 Å². The van der Waals surface area contributed by atoms with E-state index in [2.05, 4.69) is 15.3 Å². The van der Waals surface area contributed by atoms with Gasteiger partial charge < -0.3 is 4.74 Å². The molecule has 0 bridgehead atoms. The van der Waals surface area contributed by atoms with Crippen LogP contribution in [0.2, 0.25) is 0 Å². The fourth-order valence-electron chi connectivity index (χ4n) is 3.51. The number of rotatable bonds is 3. The van der Waals surface area contributed by atoms with Crippen LogP contribution in [0.3, 0.4) is 0 Å². The van der Waals surface area contributed by atoms with Crippen molar-refractivity contribution in [3.8, 4) is 11.3 Å². The second kappa shape index (κ2) is 6.15. The number of fused-ring (bicyclic) bond motifs is 1. The van der Waals surface area contributed by atoms with Gasteiger partial charge in [0, 0.05) is 44.9 Å². The molecule has 0 aliphatic carbocycles. The molecule has 4 rings (SSSR count). The van der Waals surface area contributed by atoms with Gasteiger partial charge in [0.05, 0.1) is 23.7 Å². The molecular weight excluding hydrogens is 342 g/mol. The predicted molar refractivity (Wildman–Crippen MR) is 91.1 cm³/mol. The lowest BCUT2D eigenvalue weighted by atomic mass is 10.1. The molecule has 0 spiro atoms. The number of ether oxygens (including phenoxy) is 1. The standard InChI is InChI=1S/C16H21N5O3S/c1-11-16(4-6-24-11)25(22,23)21-5-3-14-12(10-21)7-15(19-18-14)13-8-17-20(2)9-13/h7-9,11,16H,3-6,10H2,1-2H3. The Kier molecular flexibility index (Phi) is 4.09. The highest BCUT2D eigenvalue weighted by molar-refractivity contribution is 7.89. The van der Waals surface area contributed by atoms with E-state index >= 15 is 0 Å². The van der Waals surface area contributed by atoms with Crippen molar-refractivity contribution in [1.29, 1.82) is 0 Å². The van der Waals surface area contributed by atoms with Crippen molar-refractivity contribution in [2.24, 2.45) is 7.05 Å². The van der Waals surface area contributed by atoms with E-state index in [0.717, 1.165) is 16.8 Å². The first-order valence-electron chi connectivity index (χ1n) is 8.40. The molecule has 1 saturated heterocycles. The maximum absolute atomic E-state index is 13.0. The van der Waals surface area contributed by atoms with Crippen LogP contribution in [0.1, 0.15) is 24.6 Å². The molecule has 4 heterocycles. The molecule has 1 fully saturated rings. The van der Waals surface area contributed by atoms with Crippen LogP contribution in [-0.4, -0.2) is 57.2 Å². The third kappa shape index (κ3) is 2.96. The van der Waals surface area contributed by atoms with Gasteiger partial charge in [-0.15, -0.1) is 0 Å². The van der Waals surface area contributed by atoms with E-state index in [-0.39, 0.29) is 6.10 Å². The maximum atomic E-state index is 13.0. The second-order valence-corrected chi connectivity index (χ2v) is 8.79. The van der Waals surface area contributed by atoms with Gasteiger partial charge in [0.15, 0.2) is 0 Å². The predicted octanol–water partition coefficient (Wildman–Crippen LogP) is 0.742. The van der Waals surface area contributed by atoms with Gasteiger partial charge in [-0.2, -0.15) is 19.6 Å². The van der Waals surface area contributed by atoms with Crippen LogP contribution in [0.25, 0.3) is 11.3 Å². The van der Waals surface area contributed by atoms with E-state index in [1.165, 1.54) is 0 Å². The minimum absolute atomic E-state index is 0.257. The van der Waals surface area contributed by atoms with Crippen molar-refractivity contribution in [2.45, 2.75) is 37.7 Å². The summed E-state index contributed by atoms with van der Waals surface area (Å²) in [6.07, 6.45) is 4.48. The summed E-state index contributed by atoms with van der Waals surface area (Å²) < 4.78 is 34.7. The third-order valence-corrected chi connectivity index (χ3v) is 7.37. The molecule has 8 nitrogen and oxygen atoms in total. The highest BCUT2D eigenvalue weighted by Gasteiger charge is 2.40.